The normalized spacial score (nSPS) is 21.7. The van der Waals surface area contributed by atoms with E-state index in [1.54, 1.807) is 36.5 Å². The molecule has 1 saturated carbocycles. The summed E-state index contributed by atoms with van der Waals surface area (Å²) in [6.07, 6.45) is 1.63. The quantitative estimate of drug-likeness (QED) is 0.516. The summed E-state index contributed by atoms with van der Waals surface area (Å²) >= 11 is 0. The number of aromatic amines is 1. The van der Waals surface area contributed by atoms with Crippen LogP contribution in [0.5, 0.6) is 0 Å². The zero-order valence-electron chi connectivity index (χ0n) is 16.9. The standard InChI is InChI=1S/C23H19FN6O2/c24-14-3-6-19-13(7-14)8-16(22(31)26-19)20-11-30(28-27-20)15-4-1-12(2-5-15)23(32)29-9-17-18(10-29)21(17)25/h1-8,11,17-18,21H,9-10,25H2,(H,26,31)/t17-,18+,21?. The van der Waals surface area contributed by atoms with Gasteiger partial charge in [-0.25, -0.2) is 9.07 Å². The Labute approximate surface area is 181 Å². The molecule has 2 aromatic carbocycles. The number of nitrogens with two attached hydrogens (primary N) is 1. The smallest absolute Gasteiger partial charge is 0.258 e. The average molecular weight is 430 g/mol. The minimum Gasteiger partial charge on any atom is -0.338 e. The summed E-state index contributed by atoms with van der Waals surface area (Å²) in [6.45, 7) is 1.45. The van der Waals surface area contributed by atoms with E-state index >= 15 is 0 Å². The summed E-state index contributed by atoms with van der Waals surface area (Å²) in [6, 6.07) is 13.1. The van der Waals surface area contributed by atoms with Crippen LogP contribution >= 0.6 is 0 Å². The number of hydrogen-bond acceptors (Lipinski definition) is 5. The maximum atomic E-state index is 13.6. The molecule has 9 heteroatoms. The highest BCUT2D eigenvalue weighted by Gasteiger charge is 2.54. The molecule has 4 aromatic rings. The summed E-state index contributed by atoms with van der Waals surface area (Å²) in [5, 5.41) is 8.78. The van der Waals surface area contributed by atoms with E-state index in [-0.39, 0.29) is 23.3 Å². The predicted molar refractivity (Wildman–Crippen MR) is 116 cm³/mol. The number of amides is 1. The Hall–Kier alpha value is -3.85. The van der Waals surface area contributed by atoms with Crippen molar-refractivity contribution < 1.29 is 9.18 Å². The number of hydrogen-bond donors (Lipinski definition) is 2. The number of rotatable bonds is 3. The molecule has 1 amide bonds. The first-order valence-corrected chi connectivity index (χ1v) is 10.4. The molecule has 2 aliphatic rings. The molecule has 3 N–H and O–H groups in total. The van der Waals surface area contributed by atoms with Gasteiger partial charge in [0.1, 0.15) is 11.5 Å². The van der Waals surface area contributed by atoms with Crippen molar-refractivity contribution in [1.82, 2.24) is 24.9 Å². The molecule has 160 valence electrons. The molecular formula is C23H19FN6O2. The Balaban J connectivity index is 1.25. The number of nitrogens with one attached hydrogen (secondary N) is 1. The summed E-state index contributed by atoms with van der Waals surface area (Å²) in [4.78, 5) is 29.8. The lowest BCUT2D eigenvalue weighted by atomic mass is 10.1. The summed E-state index contributed by atoms with van der Waals surface area (Å²) in [7, 11) is 0. The van der Waals surface area contributed by atoms with Gasteiger partial charge in [0.25, 0.3) is 11.5 Å². The van der Waals surface area contributed by atoms with Crippen molar-refractivity contribution in [3.63, 3.8) is 0 Å². The predicted octanol–water partition coefficient (Wildman–Crippen LogP) is 1.94. The lowest BCUT2D eigenvalue weighted by molar-refractivity contribution is 0.0773. The highest BCUT2D eigenvalue weighted by molar-refractivity contribution is 5.94. The Kier molecular flexibility index (Phi) is 4.03. The first kappa shape index (κ1) is 18.9. The molecule has 2 fully saturated rings. The molecule has 32 heavy (non-hydrogen) atoms. The van der Waals surface area contributed by atoms with E-state index < -0.39 is 0 Å². The van der Waals surface area contributed by atoms with Gasteiger partial charge < -0.3 is 15.6 Å². The van der Waals surface area contributed by atoms with E-state index in [1.807, 2.05) is 4.90 Å². The van der Waals surface area contributed by atoms with Crippen LogP contribution in [0.15, 0.2) is 59.5 Å². The SMILES string of the molecule is NC1[C@H]2CN(C(=O)c3ccc(-n4cc(-c5cc6cc(F)ccc6[nH]c5=O)nn4)cc3)C[C@@H]12. The van der Waals surface area contributed by atoms with Gasteiger partial charge in [0.2, 0.25) is 0 Å². The average Bonchev–Trinajstić information content (AvgIpc) is 3.22. The van der Waals surface area contributed by atoms with Gasteiger partial charge in [0.15, 0.2) is 0 Å². The fourth-order valence-corrected chi connectivity index (χ4v) is 4.56. The van der Waals surface area contributed by atoms with E-state index in [1.165, 1.54) is 22.9 Å². The largest absolute Gasteiger partial charge is 0.338 e. The molecule has 2 aromatic heterocycles. The van der Waals surface area contributed by atoms with Crippen LogP contribution in [0.4, 0.5) is 4.39 Å². The van der Waals surface area contributed by atoms with E-state index in [4.69, 9.17) is 5.73 Å². The highest BCUT2D eigenvalue weighted by Crippen LogP contribution is 2.44. The second kappa shape index (κ2) is 6.83. The Morgan fingerprint density at radius 3 is 2.59 bits per heavy atom. The molecular weight excluding hydrogens is 411 g/mol. The monoisotopic (exact) mass is 430 g/mol. The van der Waals surface area contributed by atoms with Crippen molar-refractivity contribution in [3.8, 4) is 16.9 Å². The number of H-pyrrole nitrogens is 1. The van der Waals surface area contributed by atoms with Crippen LogP contribution in [0.3, 0.4) is 0 Å². The van der Waals surface area contributed by atoms with E-state index in [0.717, 1.165) is 13.1 Å². The van der Waals surface area contributed by atoms with Crippen LogP contribution in [0.25, 0.3) is 27.8 Å². The number of benzene rings is 2. The van der Waals surface area contributed by atoms with Crippen molar-refractivity contribution in [3.05, 3.63) is 76.5 Å². The fraction of sp³-hybridized carbons (Fsp3) is 0.217. The summed E-state index contributed by atoms with van der Waals surface area (Å²) in [5.74, 6) is 0.510. The zero-order chi connectivity index (χ0) is 22.0. The number of nitrogens with zero attached hydrogens (tertiary/aromatic N) is 4. The zero-order valence-corrected chi connectivity index (χ0v) is 16.9. The number of carbonyl (C=O) groups is 1. The number of likely N-dealkylation sites (tertiary alicyclic amines) is 1. The molecule has 1 unspecified atom stereocenters. The van der Waals surface area contributed by atoms with Gasteiger partial charge >= 0.3 is 0 Å². The third-order valence-electron chi connectivity index (χ3n) is 6.50. The minimum atomic E-state index is -0.386. The van der Waals surface area contributed by atoms with Crippen LogP contribution < -0.4 is 11.3 Å². The van der Waals surface area contributed by atoms with Crippen molar-refractivity contribution in [2.75, 3.05) is 13.1 Å². The van der Waals surface area contributed by atoms with E-state index in [9.17, 15) is 14.0 Å². The second-order valence-corrected chi connectivity index (χ2v) is 8.45. The van der Waals surface area contributed by atoms with Gasteiger partial charge in [-0.3, -0.25) is 9.59 Å². The molecule has 6 rings (SSSR count). The summed E-state index contributed by atoms with van der Waals surface area (Å²) in [5.41, 5.74) is 8.14. The van der Waals surface area contributed by atoms with Crippen LogP contribution in [-0.4, -0.2) is 49.9 Å². The topological polar surface area (TPSA) is 110 Å². The lowest BCUT2D eigenvalue weighted by Gasteiger charge is -2.19. The second-order valence-electron chi connectivity index (χ2n) is 8.45. The molecule has 1 aliphatic carbocycles. The molecule has 3 atom stereocenters. The summed E-state index contributed by atoms with van der Waals surface area (Å²) < 4.78 is 15.1. The minimum absolute atomic E-state index is 0.00478. The third-order valence-corrected chi connectivity index (χ3v) is 6.50. The number of halogens is 1. The van der Waals surface area contributed by atoms with Gasteiger partial charge in [-0.15, -0.1) is 5.10 Å². The number of aromatic nitrogens is 4. The van der Waals surface area contributed by atoms with E-state index in [0.29, 0.717) is 45.2 Å². The van der Waals surface area contributed by atoms with Gasteiger partial charge in [-0.2, -0.15) is 0 Å². The van der Waals surface area contributed by atoms with Gasteiger partial charge in [0.05, 0.1) is 17.4 Å². The molecule has 0 spiro atoms. The number of piperidine rings is 1. The van der Waals surface area contributed by atoms with Gasteiger partial charge in [0, 0.05) is 35.6 Å². The third kappa shape index (κ3) is 3.01. The molecule has 0 bridgehead atoms. The van der Waals surface area contributed by atoms with Gasteiger partial charge in [-0.1, -0.05) is 5.21 Å². The molecule has 8 nitrogen and oxygen atoms in total. The molecule has 0 radical (unpaired) electrons. The van der Waals surface area contributed by atoms with Crippen molar-refractivity contribution in [2.45, 2.75) is 6.04 Å². The highest BCUT2D eigenvalue weighted by atomic mass is 19.1. The van der Waals surface area contributed by atoms with E-state index in [2.05, 4.69) is 15.3 Å². The maximum absolute atomic E-state index is 13.6. The first-order chi connectivity index (χ1) is 15.5. The molecule has 3 heterocycles. The van der Waals surface area contributed by atoms with Crippen molar-refractivity contribution in [1.29, 1.82) is 0 Å². The Morgan fingerprint density at radius 2 is 1.84 bits per heavy atom. The Bertz CT molecular complexity index is 1410. The number of carbonyl (C=O) groups excluding carboxylic acids is 1. The Morgan fingerprint density at radius 1 is 1.09 bits per heavy atom. The van der Waals surface area contributed by atoms with Crippen LogP contribution in [0, 0.1) is 17.7 Å². The molecule has 1 saturated heterocycles. The van der Waals surface area contributed by atoms with Crippen LogP contribution in [-0.2, 0) is 0 Å². The van der Waals surface area contributed by atoms with Crippen LogP contribution in [0.1, 0.15) is 10.4 Å². The lowest BCUT2D eigenvalue weighted by Crippen LogP contribution is -2.33. The van der Waals surface area contributed by atoms with Crippen LogP contribution in [0.2, 0.25) is 0 Å². The maximum Gasteiger partial charge on any atom is 0.258 e. The number of pyridine rings is 1. The fourth-order valence-electron chi connectivity index (χ4n) is 4.56. The van der Waals surface area contributed by atoms with Crippen molar-refractivity contribution >= 4 is 16.8 Å². The van der Waals surface area contributed by atoms with Crippen molar-refractivity contribution in [2.24, 2.45) is 17.6 Å². The first-order valence-electron chi connectivity index (χ1n) is 10.4. The molecule has 1 aliphatic heterocycles. The number of fused-ring (bicyclic) bond motifs is 2. The van der Waals surface area contributed by atoms with Gasteiger partial charge in [-0.05, 0) is 60.4 Å².